The maximum atomic E-state index is 12.3. The first-order valence-electron chi connectivity index (χ1n) is 7.61. The van der Waals surface area contributed by atoms with Gasteiger partial charge < -0.3 is 9.84 Å². The lowest BCUT2D eigenvalue weighted by molar-refractivity contribution is -0.136. The van der Waals surface area contributed by atoms with Gasteiger partial charge in [0, 0.05) is 36.2 Å². The van der Waals surface area contributed by atoms with Gasteiger partial charge >= 0.3 is 5.97 Å². The third-order valence-corrected chi connectivity index (χ3v) is 5.50. The molecule has 1 N–H and O–H groups in total. The minimum absolute atomic E-state index is 0.408. The summed E-state index contributed by atoms with van der Waals surface area (Å²) in [5.41, 5.74) is 1.08. The second-order valence-corrected chi connectivity index (χ2v) is 7.13. The number of rotatable bonds is 8. The van der Waals surface area contributed by atoms with Crippen molar-refractivity contribution in [2.45, 2.75) is 18.1 Å². The Morgan fingerprint density at radius 2 is 1.95 bits per heavy atom. The quantitative estimate of drug-likeness (QED) is 0.777. The Hall–Kier alpha value is -1.24. The van der Waals surface area contributed by atoms with Crippen LogP contribution in [-0.4, -0.2) is 64.0 Å². The van der Waals surface area contributed by atoms with Gasteiger partial charge in [-0.25, -0.2) is 0 Å². The lowest BCUT2D eigenvalue weighted by atomic mass is 10.1. The van der Waals surface area contributed by atoms with Crippen LogP contribution in [0.3, 0.4) is 0 Å². The second-order valence-electron chi connectivity index (χ2n) is 5.39. The highest BCUT2D eigenvalue weighted by molar-refractivity contribution is 7.86. The average molecular weight is 325 g/mol. The number of aryl methyl sites for hydroxylation is 1. The smallest absolute Gasteiger partial charge is 0.319 e. The number of carbonyl (C=O) groups is 1. The minimum Gasteiger partial charge on any atom is -0.480 e. The molecule has 122 valence electrons. The molecule has 6 heteroatoms. The van der Waals surface area contributed by atoms with Crippen LogP contribution >= 0.6 is 0 Å². The summed E-state index contributed by atoms with van der Waals surface area (Å²) in [7, 11) is -1.35. The fourth-order valence-electron chi connectivity index (χ4n) is 2.50. The summed E-state index contributed by atoms with van der Waals surface area (Å²) >= 11 is 0. The van der Waals surface area contributed by atoms with Crippen LogP contribution < -0.4 is 0 Å². The zero-order valence-corrected chi connectivity index (χ0v) is 13.5. The number of hydrogen-bond donors (Lipinski definition) is 1. The summed E-state index contributed by atoms with van der Waals surface area (Å²) in [5.74, 6) is -0.553. The van der Waals surface area contributed by atoms with Gasteiger partial charge in [-0.3, -0.25) is 13.9 Å². The molecule has 2 atom stereocenters. The molecule has 1 heterocycles. The molecular formula is C16H23NO4S. The predicted octanol–water partition coefficient (Wildman–Crippen LogP) is 1.15. The van der Waals surface area contributed by atoms with Crippen molar-refractivity contribution in [3.8, 4) is 0 Å². The van der Waals surface area contributed by atoms with Gasteiger partial charge in [0.1, 0.15) is 5.25 Å². The Morgan fingerprint density at radius 3 is 2.59 bits per heavy atom. The van der Waals surface area contributed by atoms with Crippen molar-refractivity contribution in [2.75, 3.05) is 38.6 Å². The second kappa shape index (κ2) is 9.02. The molecule has 0 spiro atoms. The Balaban J connectivity index is 1.81. The van der Waals surface area contributed by atoms with E-state index in [1.165, 1.54) is 0 Å². The van der Waals surface area contributed by atoms with Crippen LogP contribution in [0, 0.1) is 0 Å². The third-order valence-electron chi connectivity index (χ3n) is 3.84. The maximum absolute atomic E-state index is 12.3. The summed E-state index contributed by atoms with van der Waals surface area (Å²) in [4.78, 5) is 13.6. The third kappa shape index (κ3) is 5.51. The lowest BCUT2D eigenvalue weighted by Crippen LogP contribution is -2.40. The molecule has 2 rings (SSSR count). The average Bonchev–Trinajstić information content (AvgIpc) is 2.55. The van der Waals surface area contributed by atoms with Gasteiger partial charge in [0.2, 0.25) is 0 Å². The molecule has 1 fully saturated rings. The molecule has 1 saturated heterocycles. The van der Waals surface area contributed by atoms with Gasteiger partial charge in [0.05, 0.1) is 13.2 Å². The van der Waals surface area contributed by atoms with E-state index in [4.69, 9.17) is 4.74 Å². The lowest BCUT2D eigenvalue weighted by Gasteiger charge is -2.26. The van der Waals surface area contributed by atoms with Crippen LogP contribution in [0.25, 0.3) is 0 Å². The summed E-state index contributed by atoms with van der Waals surface area (Å²) < 4.78 is 17.6. The standard InChI is InChI=1S/C16H23NO4S/c18-16(19)15(7-6-14-4-2-1-3-5-14)22(20)13-10-17-8-11-21-12-9-17/h1-5,15H,6-13H2,(H,18,19). The first kappa shape index (κ1) is 17.1. The van der Waals surface area contributed by atoms with Crippen molar-refractivity contribution in [3.63, 3.8) is 0 Å². The molecule has 0 saturated carbocycles. The van der Waals surface area contributed by atoms with Gasteiger partial charge in [0.25, 0.3) is 0 Å². The molecule has 1 aliphatic heterocycles. The maximum Gasteiger partial charge on any atom is 0.319 e. The van der Waals surface area contributed by atoms with Crippen molar-refractivity contribution >= 4 is 16.8 Å². The molecular weight excluding hydrogens is 302 g/mol. The topological polar surface area (TPSA) is 66.8 Å². The summed E-state index contributed by atoms with van der Waals surface area (Å²) in [6, 6.07) is 9.73. The molecule has 0 aliphatic carbocycles. The van der Waals surface area contributed by atoms with E-state index in [0.717, 1.165) is 18.7 Å². The SMILES string of the molecule is O=C(O)C(CCc1ccccc1)S(=O)CCN1CCOCC1. The zero-order valence-electron chi connectivity index (χ0n) is 12.6. The monoisotopic (exact) mass is 325 g/mol. The molecule has 0 aromatic heterocycles. The van der Waals surface area contributed by atoms with Gasteiger partial charge in [0.15, 0.2) is 0 Å². The zero-order chi connectivity index (χ0) is 15.8. The van der Waals surface area contributed by atoms with Crippen LogP contribution in [0.2, 0.25) is 0 Å². The molecule has 22 heavy (non-hydrogen) atoms. The van der Waals surface area contributed by atoms with Crippen molar-refractivity contribution < 1.29 is 18.8 Å². The van der Waals surface area contributed by atoms with Crippen molar-refractivity contribution in [1.29, 1.82) is 0 Å². The molecule has 5 nitrogen and oxygen atoms in total. The normalized spacial score (nSPS) is 18.7. The largest absolute Gasteiger partial charge is 0.480 e. The van der Waals surface area contributed by atoms with E-state index in [1.54, 1.807) is 0 Å². The van der Waals surface area contributed by atoms with E-state index < -0.39 is 22.0 Å². The predicted molar refractivity (Wildman–Crippen MR) is 86.5 cm³/mol. The summed E-state index contributed by atoms with van der Waals surface area (Å²) in [6.45, 7) is 3.73. The Morgan fingerprint density at radius 1 is 1.27 bits per heavy atom. The van der Waals surface area contributed by atoms with Gasteiger partial charge in [-0.15, -0.1) is 0 Å². The molecule has 1 aliphatic rings. The van der Waals surface area contributed by atoms with E-state index in [-0.39, 0.29) is 0 Å². The van der Waals surface area contributed by atoms with Crippen molar-refractivity contribution in [2.24, 2.45) is 0 Å². The fraction of sp³-hybridized carbons (Fsp3) is 0.562. The highest BCUT2D eigenvalue weighted by atomic mass is 32.2. The van der Waals surface area contributed by atoms with E-state index in [2.05, 4.69) is 4.90 Å². The number of hydrogen-bond acceptors (Lipinski definition) is 4. The fourth-order valence-corrected chi connectivity index (χ4v) is 3.82. The Bertz CT molecular complexity index is 488. The molecule has 0 amide bonds. The van der Waals surface area contributed by atoms with Crippen molar-refractivity contribution in [1.82, 2.24) is 4.90 Å². The Kier molecular flexibility index (Phi) is 7.02. The number of morpholine rings is 1. The van der Waals surface area contributed by atoms with Crippen LogP contribution in [-0.2, 0) is 26.8 Å². The van der Waals surface area contributed by atoms with Crippen LogP contribution in [0.4, 0.5) is 0 Å². The molecule has 2 unspecified atom stereocenters. The van der Waals surface area contributed by atoms with E-state index in [9.17, 15) is 14.1 Å². The van der Waals surface area contributed by atoms with Gasteiger partial charge in [-0.05, 0) is 18.4 Å². The van der Waals surface area contributed by atoms with Gasteiger partial charge in [-0.2, -0.15) is 0 Å². The summed E-state index contributed by atoms with van der Waals surface area (Å²) in [6.07, 6.45) is 1.05. The molecule has 1 aromatic carbocycles. The molecule has 0 radical (unpaired) electrons. The number of ether oxygens (including phenoxy) is 1. The molecule has 1 aromatic rings. The van der Waals surface area contributed by atoms with E-state index in [0.29, 0.717) is 38.4 Å². The minimum atomic E-state index is -1.35. The van der Waals surface area contributed by atoms with E-state index >= 15 is 0 Å². The highest BCUT2D eigenvalue weighted by Crippen LogP contribution is 2.11. The Labute approximate surface area is 133 Å². The first-order valence-corrected chi connectivity index (χ1v) is 8.99. The number of carboxylic acid groups (broad SMARTS) is 1. The number of carboxylic acids is 1. The van der Waals surface area contributed by atoms with Crippen molar-refractivity contribution in [3.05, 3.63) is 35.9 Å². The summed E-state index contributed by atoms with van der Waals surface area (Å²) in [5, 5.41) is 8.54. The van der Waals surface area contributed by atoms with Gasteiger partial charge in [-0.1, -0.05) is 30.3 Å². The number of nitrogens with zero attached hydrogens (tertiary/aromatic N) is 1. The van der Waals surface area contributed by atoms with E-state index in [1.807, 2.05) is 30.3 Å². The number of aliphatic carboxylic acids is 1. The number of benzene rings is 1. The van der Waals surface area contributed by atoms with Crippen LogP contribution in [0.15, 0.2) is 30.3 Å². The first-order chi connectivity index (χ1) is 10.7. The van der Waals surface area contributed by atoms with Crippen LogP contribution in [0.1, 0.15) is 12.0 Å². The molecule has 0 bridgehead atoms. The highest BCUT2D eigenvalue weighted by Gasteiger charge is 2.25. The van der Waals surface area contributed by atoms with Crippen LogP contribution in [0.5, 0.6) is 0 Å².